The molecule has 5 aromatic rings. The van der Waals surface area contributed by atoms with Crippen LogP contribution < -0.4 is 10.9 Å². The summed E-state index contributed by atoms with van der Waals surface area (Å²) in [6.07, 6.45) is 3.61. The second kappa shape index (κ2) is 8.01. The number of nitrogens with one attached hydrogen (secondary N) is 1. The number of benzene rings is 2. The van der Waals surface area contributed by atoms with Crippen molar-refractivity contribution in [2.45, 2.75) is 11.7 Å². The highest BCUT2D eigenvalue weighted by Gasteiger charge is 2.17. The molecule has 3 aromatic heterocycles. The Morgan fingerprint density at radius 3 is 2.75 bits per heavy atom. The standard InChI is InChI=1S/C23H20N6O2S/c1-3-12-28-21(31)16-7-4-5-9-19(16)29-22(28)25-26-23(29)32-14-20(30)24-17-8-6-10-18-15(17)11-13-27(18)2/h3-11,13H,1,12,14H2,2H3,(H,24,30). The number of aromatic nitrogens is 5. The van der Waals surface area contributed by atoms with Crippen LogP contribution in [0.15, 0.2) is 77.3 Å². The van der Waals surface area contributed by atoms with Gasteiger partial charge in [0.1, 0.15) is 0 Å². The minimum atomic E-state index is -0.148. The topological polar surface area (TPSA) is 86.2 Å². The number of hydrogen-bond donors (Lipinski definition) is 1. The molecular weight excluding hydrogens is 424 g/mol. The largest absolute Gasteiger partial charge is 0.350 e. The van der Waals surface area contributed by atoms with E-state index in [9.17, 15) is 9.59 Å². The van der Waals surface area contributed by atoms with Gasteiger partial charge in [0.25, 0.3) is 5.56 Å². The Labute approximate surface area is 187 Å². The summed E-state index contributed by atoms with van der Waals surface area (Å²) in [5, 5.41) is 13.6. The molecule has 32 heavy (non-hydrogen) atoms. The van der Waals surface area contributed by atoms with Crippen LogP contribution in [-0.4, -0.2) is 35.4 Å². The van der Waals surface area contributed by atoms with E-state index in [0.29, 0.717) is 28.4 Å². The number of hydrogen-bond acceptors (Lipinski definition) is 5. The molecule has 0 saturated carbocycles. The lowest BCUT2D eigenvalue weighted by atomic mass is 10.2. The summed E-state index contributed by atoms with van der Waals surface area (Å²) in [7, 11) is 1.97. The van der Waals surface area contributed by atoms with Crippen molar-refractivity contribution >= 4 is 50.9 Å². The van der Waals surface area contributed by atoms with Gasteiger partial charge in [-0.25, -0.2) is 0 Å². The molecule has 2 aromatic carbocycles. The van der Waals surface area contributed by atoms with Crippen LogP contribution >= 0.6 is 11.8 Å². The molecule has 160 valence electrons. The summed E-state index contributed by atoms with van der Waals surface area (Å²) in [5.74, 6) is 0.427. The predicted octanol–water partition coefficient (Wildman–Crippen LogP) is 3.45. The lowest BCUT2D eigenvalue weighted by Gasteiger charge is -2.10. The van der Waals surface area contributed by atoms with Crippen LogP contribution in [0.1, 0.15) is 0 Å². The number of amides is 1. The number of aryl methyl sites for hydroxylation is 1. The highest BCUT2D eigenvalue weighted by atomic mass is 32.2. The third kappa shape index (κ3) is 3.27. The Balaban J connectivity index is 1.46. The van der Waals surface area contributed by atoms with Gasteiger partial charge in [0, 0.05) is 30.7 Å². The van der Waals surface area contributed by atoms with Crippen molar-refractivity contribution in [2.75, 3.05) is 11.1 Å². The summed E-state index contributed by atoms with van der Waals surface area (Å²) in [4.78, 5) is 25.6. The first-order chi connectivity index (χ1) is 15.6. The first-order valence-corrected chi connectivity index (χ1v) is 11.0. The Morgan fingerprint density at radius 1 is 1.09 bits per heavy atom. The van der Waals surface area contributed by atoms with Crippen molar-refractivity contribution in [3.05, 3.63) is 77.7 Å². The highest BCUT2D eigenvalue weighted by molar-refractivity contribution is 7.99. The third-order valence-corrected chi connectivity index (χ3v) is 6.25. The van der Waals surface area contributed by atoms with E-state index in [-0.39, 0.29) is 17.2 Å². The Bertz CT molecular complexity index is 1560. The second-order valence-electron chi connectivity index (χ2n) is 7.34. The number of fused-ring (bicyclic) bond motifs is 4. The van der Waals surface area contributed by atoms with Gasteiger partial charge in [-0.15, -0.1) is 16.8 Å². The molecular formula is C23H20N6O2S. The van der Waals surface area contributed by atoms with Crippen molar-refractivity contribution in [3.63, 3.8) is 0 Å². The number of nitrogens with zero attached hydrogens (tertiary/aromatic N) is 5. The summed E-state index contributed by atoms with van der Waals surface area (Å²) < 4.78 is 5.36. The fraction of sp³-hybridized carbons (Fsp3) is 0.130. The number of carbonyl (C=O) groups excluding carboxylic acids is 1. The van der Waals surface area contributed by atoms with E-state index in [1.54, 1.807) is 12.1 Å². The Hall–Kier alpha value is -3.85. The molecule has 0 atom stereocenters. The highest BCUT2D eigenvalue weighted by Crippen LogP contribution is 2.25. The van der Waals surface area contributed by atoms with Gasteiger partial charge in [-0.2, -0.15) is 0 Å². The van der Waals surface area contributed by atoms with E-state index < -0.39 is 0 Å². The van der Waals surface area contributed by atoms with E-state index in [2.05, 4.69) is 22.1 Å². The molecule has 0 spiro atoms. The van der Waals surface area contributed by atoms with Crippen LogP contribution in [0.4, 0.5) is 5.69 Å². The van der Waals surface area contributed by atoms with Crippen molar-refractivity contribution < 1.29 is 4.79 Å². The molecule has 0 radical (unpaired) electrons. The second-order valence-corrected chi connectivity index (χ2v) is 8.28. The quantitative estimate of drug-likeness (QED) is 0.320. The fourth-order valence-electron chi connectivity index (χ4n) is 3.85. The first kappa shape index (κ1) is 20.1. The van der Waals surface area contributed by atoms with Gasteiger partial charge in [-0.1, -0.05) is 36.0 Å². The van der Waals surface area contributed by atoms with Crippen molar-refractivity contribution in [1.29, 1.82) is 0 Å². The monoisotopic (exact) mass is 444 g/mol. The Kier molecular flexibility index (Phi) is 5.02. The van der Waals surface area contributed by atoms with Crippen molar-refractivity contribution in [1.82, 2.24) is 23.7 Å². The molecule has 0 aliphatic heterocycles. The molecule has 0 aliphatic carbocycles. The van der Waals surface area contributed by atoms with Gasteiger partial charge in [-0.05, 0) is 30.3 Å². The van der Waals surface area contributed by atoms with E-state index >= 15 is 0 Å². The van der Waals surface area contributed by atoms with Gasteiger partial charge in [-0.3, -0.25) is 18.6 Å². The molecule has 1 N–H and O–H groups in total. The SMILES string of the molecule is C=CCn1c(=O)c2ccccc2n2c(SCC(=O)Nc3cccc4c3ccn4C)nnc12. The Morgan fingerprint density at radius 2 is 1.91 bits per heavy atom. The summed E-state index contributed by atoms with van der Waals surface area (Å²) in [5.41, 5.74) is 2.37. The number of thioether (sulfide) groups is 1. The molecule has 0 saturated heterocycles. The van der Waals surface area contributed by atoms with E-state index in [1.807, 2.05) is 64.7 Å². The first-order valence-electron chi connectivity index (χ1n) is 10.0. The predicted molar refractivity (Wildman–Crippen MR) is 127 cm³/mol. The van der Waals surface area contributed by atoms with Crippen LogP contribution in [0, 0.1) is 0 Å². The molecule has 0 bridgehead atoms. The van der Waals surface area contributed by atoms with Gasteiger partial charge >= 0.3 is 0 Å². The van der Waals surface area contributed by atoms with Gasteiger partial charge in [0.15, 0.2) is 5.16 Å². The number of rotatable bonds is 6. The van der Waals surface area contributed by atoms with Crippen LogP contribution in [0.25, 0.3) is 27.6 Å². The van der Waals surface area contributed by atoms with Gasteiger partial charge < -0.3 is 9.88 Å². The van der Waals surface area contributed by atoms with Crippen molar-refractivity contribution in [3.8, 4) is 0 Å². The molecule has 3 heterocycles. The molecule has 0 unspecified atom stereocenters. The summed E-state index contributed by atoms with van der Waals surface area (Å²) in [6, 6.07) is 15.1. The normalized spacial score (nSPS) is 11.4. The molecule has 0 fully saturated rings. The van der Waals surface area contributed by atoms with E-state index in [4.69, 9.17) is 0 Å². The average Bonchev–Trinajstić information content (AvgIpc) is 3.40. The maximum atomic E-state index is 12.9. The maximum absolute atomic E-state index is 12.9. The number of anilines is 1. The summed E-state index contributed by atoms with van der Waals surface area (Å²) in [6.45, 7) is 4.05. The zero-order valence-electron chi connectivity index (χ0n) is 17.4. The van der Waals surface area contributed by atoms with Crippen LogP contribution in [0.3, 0.4) is 0 Å². The molecule has 1 amide bonds. The average molecular weight is 445 g/mol. The number of allylic oxidation sites excluding steroid dienone is 1. The third-order valence-electron chi connectivity index (χ3n) is 5.32. The summed E-state index contributed by atoms with van der Waals surface area (Å²) >= 11 is 1.27. The smallest absolute Gasteiger partial charge is 0.263 e. The fourth-order valence-corrected chi connectivity index (χ4v) is 4.59. The van der Waals surface area contributed by atoms with E-state index in [1.165, 1.54) is 16.3 Å². The van der Waals surface area contributed by atoms with Crippen LogP contribution in [0.2, 0.25) is 0 Å². The van der Waals surface area contributed by atoms with Crippen LogP contribution in [-0.2, 0) is 18.4 Å². The lowest BCUT2D eigenvalue weighted by Crippen LogP contribution is -2.22. The minimum Gasteiger partial charge on any atom is -0.350 e. The minimum absolute atomic E-state index is 0.146. The molecule has 9 heteroatoms. The number of para-hydroxylation sites is 1. The number of carbonyl (C=O) groups is 1. The van der Waals surface area contributed by atoms with Crippen LogP contribution in [0.5, 0.6) is 0 Å². The molecule has 8 nitrogen and oxygen atoms in total. The lowest BCUT2D eigenvalue weighted by molar-refractivity contribution is -0.113. The van der Waals surface area contributed by atoms with E-state index in [0.717, 1.165) is 16.6 Å². The van der Waals surface area contributed by atoms with Crippen molar-refractivity contribution in [2.24, 2.45) is 7.05 Å². The molecule has 0 aliphatic rings. The van der Waals surface area contributed by atoms with Gasteiger partial charge in [0.05, 0.1) is 22.3 Å². The zero-order chi connectivity index (χ0) is 22.2. The molecule has 5 rings (SSSR count). The maximum Gasteiger partial charge on any atom is 0.263 e. The zero-order valence-corrected chi connectivity index (χ0v) is 18.2. The van der Waals surface area contributed by atoms with Gasteiger partial charge in [0.2, 0.25) is 11.7 Å².